The van der Waals surface area contributed by atoms with Gasteiger partial charge in [-0.05, 0) is 31.4 Å². The first-order valence-corrected chi connectivity index (χ1v) is 8.77. The van der Waals surface area contributed by atoms with Crippen molar-refractivity contribution in [2.24, 2.45) is 5.41 Å². The van der Waals surface area contributed by atoms with Gasteiger partial charge in [0.2, 0.25) is 5.43 Å². The first kappa shape index (κ1) is 17.6. The van der Waals surface area contributed by atoms with Gasteiger partial charge in [-0.3, -0.25) is 14.7 Å². The van der Waals surface area contributed by atoms with Gasteiger partial charge in [-0.25, -0.2) is 0 Å². The Morgan fingerprint density at radius 2 is 2.04 bits per heavy atom. The van der Waals surface area contributed by atoms with Crippen LogP contribution in [0.15, 0.2) is 29.1 Å². The van der Waals surface area contributed by atoms with Crippen molar-refractivity contribution < 1.29 is 9.53 Å². The molecule has 134 valence electrons. The van der Waals surface area contributed by atoms with Crippen LogP contribution in [0.1, 0.15) is 43.6 Å². The van der Waals surface area contributed by atoms with E-state index in [0.717, 1.165) is 19.3 Å². The number of benzene rings is 1. The number of hydrogen-bond donors (Lipinski definition) is 1. The van der Waals surface area contributed by atoms with Crippen molar-refractivity contribution in [2.75, 3.05) is 14.2 Å². The molecule has 0 spiro atoms. The molecule has 1 amide bonds. The van der Waals surface area contributed by atoms with Gasteiger partial charge in [-0.2, -0.15) is 5.10 Å². The van der Waals surface area contributed by atoms with Crippen molar-refractivity contribution in [2.45, 2.75) is 45.3 Å². The Labute approximate surface area is 147 Å². The summed E-state index contributed by atoms with van der Waals surface area (Å²) < 4.78 is 5.61. The molecular formula is C19H25N3O3. The zero-order chi connectivity index (χ0) is 18.2. The Morgan fingerprint density at radius 1 is 1.36 bits per heavy atom. The molecule has 25 heavy (non-hydrogen) atoms. The van der Waals surface area contributed by atoms with E-state index in [1.165, 1.54) is 0 Å². The van der Waals surface area contributed by atoms with Gasteiger partial charge in [0.15, 0.2) is 5.69 Å². The molecule has 1 aromatic carbocycles. The second-order valence-corrected chi connectivity index (χ2v) is 6.78. The summed E-state index contributed by atoms with van der Waals surface area (Å²) in [6.07, 6.45) is 2.77. The van der Waals surface area contributed by atoms with Crippen LogP contribution in [0.5, 0.6) is 0 Å². The molecule has 1 aliphatic carbocycles. The molecule has 0 unspecified atom stereocenters. The molecule has 0 bridgehead atoms. The van der Waals surface area contributed by atoms with E-state index in [1.54, 1.807) is 37.3 Å². The number of H-pyrrole nitrogens is 1. The lowest BCUT2D eigenvalue weighted by Crippen LogP contribution is -2.64. The summed E-state index contributed by atoms with van der Waals surface area (Å²) in [5.41, 5.74) is 0.185. The Hall–Kier alpha value is -2.21. The number of methoxy groups -OCH3 is 1. The van der Waals surface area contributed by atoms with Crippen LogP contribution in [-0.2, 0) is 4.74 Å². The van der Waals surface area contributed by atoms with Crippen LogP contribution in [0.3, 0.4) is 0 Å². The number of amides is 1. The fourth-order valence-corrected chi connectivity index (χ4v) is 4.30. The van der Waals surface area contributed by atoms with Crippen molar-refractivity contribution in [1.82, 2.24) is 15.1 Å². The summed E-state index contributed by atoms with van der Waals surface area (Å²) in [7, 11) is 3.48. The number of para-hydroxylation sites is 1. The van der Waals surface area contributed by atoms with Crippen LogP contribution in [0.25, 0.3) is 10.9 Å². The number of carbonyl (C=O) groups excluding carboxylic acids is 1. The van der Waals surface area contributed by atoms with E-state index < -0.39 is 0 Å². The number of ether oxygens (including phenoxy) is 1. The highest BCUT2D eigenvalue weighted by atomic mass is 16.5. The summed E-state index contributed by atoms with van der Waals surface area (Å²) in [5.74, 6) is -0.335. The number of aromatic amines is 1. The van der Waals surface area contributed by atoms with Crippen LogP contribution in [0.4, 0.5) is 0 Å². The number of aromatic nitrogens is 2. The minimum atomic E-state index is -0.335. The van der Waals surface area contributed by atoms with Crippen molar-refractivity contribution in [1.29, 1.82) is 0 Å². The number of nitrogens with one attached hydrogen (secondary N) is 1. The summed E-state index contributed by atoms with van der Waals surface area (Å²) in [6, 6.07) is 7.13. The standard InChI is InChI=1S/C19H25N3O3/c1-5-19(6-2)14(11-15(19)25-4)22(3)18(24)16-17(23)12-9-7-8-10-13(12)20-21-16/h7-10,14-15H,5-6,11H2,1-4H3,(H,20,23)/t14-,15-/m0/s1. The van der Waals surface area contributed by atoms with Gasteiger partial charge in [0.05, 0.1) is 11.6 Å². The second-order valence-electron chi connectivity index (χ2n) is 6.78. The highest BCUT2D eigenvalue weighted by Gasteiger charge is 2.55. The number of nitrogens with zero attached hydrogens (tertiary/aromatic N) is 2. The highest BCUT2D eigenvalue weighted by Crippen LogP contribution is 2.51. The minimum Gasteiger partial charge on any atom is -0.381 e. The maximum absolute atomic E-state index is 13.0. The zero-order valence-corrected chi connectivity index (χ0v) is 15.2. The van der Waals surface area contributed by atoms with Gasteiger partial charge in [0, 0.05) is 31.0 Å². The zero-order valence-electron chi connectivity index (χ0n) is 15.2. The topological polar surface area (TPSA) is 75.3 Å². The summed E-state index contributed by atoms with van der Waals surface area (Å²) in [4.78, 5) is 27.3. The molecule has 3 rings (SSSR count). The fourth-order valence-electron chi connectivity index (χ4n) is 4.30. The second kappa shape index (κ2) is 6.59. The number of hydrogen-bond acceptors (Lipinski definition) is 4. The average Bonchev–Trinajstić information content (AvgIpc) is 2.62. The quantitative estimate of drug-likeness (QED) is 0.905. The van der Waals surface area contributed by atoms with Crippen molar-refractivity contribution in [3.63, 3.8) is 0 Å². The van der Waals surface area contributed by atoms with E-state index in [0.29, 0.717) is 10.9 Å². The lowest BCUT2D eigenvalue weighted by molar-refractivity contribution is -0.147. The van der Waals surface area contributed by atoms with Crippen molar-refractivity contribution in [3.05, 3.63) is 40.2 Å². The predicted octanol–water partition coefficient (Wildman–Crippen LogP) is 2.59. The van der Waals surface area contributed by atoms with Crippen LogP contribution in [0, 0.1) is 5.41 Å². The van der Waals surface area contributed by atoms with Crippen LogP contribution in [0.2, 0.25) is 0 Å². The molecule has 2 atom stereocenters. The lowest BCUT2D eigenvalue weighted by atomic mass is 9.58. The molecule has 0 radical (unpaired) electrons. The molecule has 6 nitrogen and oxygen atoms in total. The average molecular weight is 343 g/mol. The molecule has 1 heterocycles. The van der Waals surface area contributed by atoms with Gasteiger partial charge in [0.1, 0.15) is 0 Å². The van der Waals surface area contributed by atoms with E-state index in [9.17, 15) is 9.59 Å². The molecule has 2 aromatic rings. The van der Waals surface area contributed by atoms with Gasteiger partial charge in [-0.15, -0.1) is 0 Å². The van der Waals surface area contributed by atoms with Crippen LogP contribution >= 0.6 is 0 Å². The molecule has 6 heteroatoms. The molecule has 0 aliphatic heterocycles. The smallest absolute Gasteiger partial charge is 0.278 e. The molecule has 0 saturated heterocycles. The van der Waals surface area contributed by atoms with E-state index in [4.69, 9.17) is 4.74 Å². The third kappa shape index (κ3) is 2.56. The Bertz CT molecular complexity index is 841. The maximum atomic E-state index is 13.0. The Morgan fingerprint density at radius 3 is 2.68 bits per heavy atom. The SMILES string of the molecule is CCC1(CC)[C@@H](OC)C[C@@H]1N(C)C(=O)c1n[nH]c2ccccc2c1=O. The Kier molecular flexibility index (Phi) is 4.64. The first-order chi connectivity index (χ1) is 12.0. The monoisotopic (exact) mass is 343 g/mol. The highest BCUT2D eigenvalue weighted by molar-refractivity contribution is 5.95. The molecule has 1 fully saturated rings. The third-order valence-corrected chi connectivity index (χ3v) is 6.01. The Balaban J connectivity index is 1.94. The summed E-state index contributed by atoms with van der Waals surface area (Å²) in [6.45, 7) is 4.25. The molecular weight excluding hydrogens is 318 g/mol. The van der Waals surface area contributed by atoms with Gasteiger partial charge in [-0.1, -0.05) is 26.0 Å². The van der Waals surface area contributed by atoms with E-state index >= 15 is 0 Å². The number of carbonyl (C=O) groups is 1. The predicted molar refractivity (Wildman–Crippen MR) is 96.7 cm³/mol. The summed E-state index contributed by atoms with van der Waals surface area (Å²) in [5, 5.41) is 7.35. The van der Waals surface area contributed by atoms with E-state index in [-0.39, 0.29) is 34.6 Å². The normalized spacial score (nSPS) is 21.8. The van der Waals surface area contributed by atoms with Gasteiger partial charge in [0.25, 0.3) is 5.91 Å². The summed E-state index contributed by atoms with van der Waals surface area (Å²) >= 11 is 0. The van der Waals surface area contributed by atoms with Crippen molar-refractivity contribution in [3.8, 4) is 0 Å². The molecule has 1 aliphatic rings. The largest absolute Gasteiger partial charge is 0.381 e. The lowest BCUT2D eigenvalue weighted by Gasteiger charge is -2.57. The van der Waals surface area contributed by atoms with Gasteiger partial charge >= 0.3 is 0 Å². The molecule has 1 N–H and O–H groups in total. The van der Waals surface area contributed by atoms with E-state index in [1.807, 2.05) is 6.07 Å². The first-order valence-electron chi connectivity index (χ1n) is 8.77. The molecule has 1 aromatic heterocycles. The van der Waals surface area contributed by atoms with Gasteiger partial charge < -0.3 is 9.64 Å². The van der Waals surface area contributed by atoms with E-state index in [2.05, 4.69) is 24.0 Å². The van der Waals surface area contributed by atoms with Crippen LogP contribution < -0.4 is 5.43 Å². The van der Waals surface area contributed by atoms with Crippen molar-refractivity contribution >= 4 is 16.8 Å². The fraction of sp³-hybridized carbons (Fsp3) is 0.526. The number of rotatable bonds is 5. The minimum absolute atomic E-state index is 0.0487. The van der Waals surface area contributed by atoms with Crippen LogP contribution in [-0.4, -0.2) is 47.3 Å². The third-order valence-electron chi connectivity index (χ3n) is 6.01. The molecule has 1 saturated carbocycles. The number of fused-ring (bicyclic) bond motifs is 1. The maximum Gasteiger partial charge on any atom is 0.278 e.